The van der Waals surface area contributed by atoms with Gasteiger partial charge in [0.05, 0.1) is 14.2 Å². The Bertz CT molecular complexity index is 381. The molecule has 2 rings (SSSR count). The van der Waals surface area contributed by atoms with Crippen molar-refractivity contribution < 1.29 is 14.6 Å². The van der Waals surface area contributed by atoms with Gasteiger partial charge in [-0.3, -0.25) is 0 Å². The van der Waals surface area contributed by atoms with Crippen molar-refractivity contribution in [3.05, 3.63) is 23.8 Å². The molecule has 0 bridgehead atoms. The molecule has 2 atom stereocenters. The second kappa shape index (κ2) is 5.38. The Morgan fingerprint density at radius 2 is 2.00 bits per heavy atom. The topological polar surface area (TPSA) is 50.7 Å². The molecule has 1 aromatic carbocycles. The van der Waals surface area contributed by atoms with E-state index in [1.165, 1.54) is 5.56 Å². The quantitative estimate of drug-likeness (QED) is 0.820. The van der Waals surface area contributed by atoms with Gasteiger partial charge in [0.1, 0.15) is 0 Å². The zero-order valence-electron chi connectivity index (χ0n) is 10.3. The summed E-state index contributed by atoms with van der Waals surface area (Å²) in [7, 11) is 3.27. The summed E-state index contributed by atoms with van der Waals surface area (Å²) >= 11 is 0. The maximum Gasteiger partial charge on any atom is 0.160 e. The molecule has 1 saturated heterocycles. The highest BCUT2D eigenvalue weighted by molar-refractivity contribution is 5.44. The van der Waals surface area contributed by atoms with Gasteiger partial charge in [0.15, 0.2) is 11.5 Å². The Balaban J connectivity index is 2.26. The van der Waals surface area contributed by atoms with Crippen LogP contribution in [0.1, 0.15) is 11.5 Å². The van der Waals surface area contributed by atoms with Crippen molar-refractivity contribution in [3.63, 3.8) is 0 Å². The van der Waals surface area contributed by atoms with Crippen molar-refractivity contribution in [2.45, 2.75) is 5.92 Å². The minimum Gasteiger partial charge on any atom is -0.493 e. The third-order valence-electron chi connectivity index (χ3n) is 3.41. The van der Waals surface area contributed by atoms with Crippen molar-refractivity contribution in [1.82, 2.24) is 5.32 Å². The van der Waals surface area contributed by atoms with Gasteiger partial charge < -0.3 is 19.9 Å². The van der Waals surface area contributed by atoms with E-state index in [4.69, 9.17) is 9.47 Å². The number of ether oxygens (including phenoxy) is 2. The monoisotopic (exact) mass is 237 g/mol. The number of hydrogen-bond donors (Lipinski definition) is 2. The zero-order chi connectivity index (χ0) is 12.3. The van der Waals surface area contributed by atoms with E-state index >= 15 is 0 Å². The van der Waals surface area contributed by atoms with E-state index in [1.54, 1.807) is 14.2 Å². The maximum absolute atomic E-state index is 9.33. The number of methoxy groups -OCH3 is 2. The van der Waals surface area contributed by atoms with E-state index in [2.05, 4.69) is 5.32 Å². The summed E-state index contributed by atoms with van der Waals surface area (Å²) in [6, 6.07) is 5.96. The van der Waals surface area contributed by atoms with Crippen LogP contribution >= 0.6 is 0 Å². The van der Waals surface area contributed by atoms with Gasteiger partial charge in [0.25, 0.3) is 0 Å². The van der Waals surface area contributed by atoms with E-state index in [1.807, 2.05) is 18.2 Å². The molecule has 0 amide bonds. The van der Waals surface area contributed by atoms with Gasteiger partial charge in [0.2, 0.25) is 0 Å². The lowest BCUT2D eigenvalue weighted by Crippen LogP contribution is -2.15. The second-order valence-corrected chi connectivity index (χ2v) is 4.32. The van der Waals surface area contributed by atoms with Crippen LogP contribution in [-0.4, -0.2) is 39.0 Å². The van der Waals surface area contributed by atoms with Crippen LogP contribution in [0.25, 0.3) is 0 Å². The van der Waals surface area contributed by atoms with Gasteiger partial charge in [-0.1, -0.05) is 6.07 Å². The van der Waals surface area contributed by atoms with Gasteiger partial charge in [-0.15, -0.1) is 0 Å². The van der Waals surface area contributed by atoms with Crippen molar-refractivity contribution in [1.29, 1.82) is 0 Å². The SMILES string of the molecule is COc1ccc([C@H]2CNC[C@@H]2CO)cc1OC. The van der Waals surface area contributed by atoms with Crippen LogP contribution in [0.5, 0.6) is 11.5 Å². The molecule has 0 unspecified atom stereocenters. The summed E-state index contributed by atoms with van der Waals surface area (Å²) in [6.07, 6.45) is 0. The minimum absolute atomic E-state index is 0.214. The predicted octanol–water partition coefficient (Wildman–Crippen LogP) is 0.999. The van der Waals surface area contributed by atoms with Gasteiger partial charge in [-0.05, 0) is 17.7 Å². The number of nitrogens with one attached hydrogen (secondary N) is 1. The Morgan fingerprint density at radius 3 is 2.65 bits per heavy atom. The standard InChI is InChI=1S/C13H19NO3/c1-16-12-4-3-9(5-13(12)17-2)11-7-14-6-10(11)8-15/h3-5,10-11,14-15H,6-8H2,1-2H3/t10-,11-/m1/s1. The highest BCUT2D eigenvalue weighted by Crippen LogP contribution is 2.34. The van der Waals surface area contributed by atoms with Gasteiger partial charge in [-0.25, -0.2) is 0 Å². The van der Waals surface area contributed by atoms with Crippen LogP contribution in [0.15, 0.2) is 18.2 Å². The molecular formula is C13H19NO3. The van der Waals surface area contributed by atoms with Gasteiger partial charge >= 0.3 is 0 Å². The number of hydrogen-bond acceptors (Lipinski definition) is 4. The Kier molecular flexibility index (Phi) is 3.86. The molecule has 0 spiro atoms. The number of benzene rings is 1. The average molecular weight is 237 g/mol. The van der Waals surface area contributed by atoms with Crippen LogP contribution in [0.4, 0.5) is 0 Å². The van der Waals surface area contributed by atoms with E-state index in [0.717, 1.165) is 24.6 Å². The number of aliphatic hydroxyl groups excluding tert-OH is 1. The number of rotatable bonds is 4. The fraction of sp³-hybridized carbons (Fsp3) is 0.538. The largest absolute Gasteiger partial charge is 0.493 e. The average Bonchev–Trinajstić information content (AvgIpc) is 2.86. The van der Waals surface area contributed by atoms with Crippen molar-refractivity contribution in [3.8, 4) is 11.5 Å². The third kappa shape index (κ3) is 2.37. The van der Waals surface area contributed by atoms with Crippen molar-refractivity contribution in [2.24, 2.45) is 5.92 Å². The molecule has 1 aliphatic rings. The van der Waals surface area contributed by atoms with Crippen LogP contribution in [0.3, 0.4) is 0 Å². The summed E-state index contributed by atoms with van der Waals surface area (Å²) in [4.78, 5) is 0. The Labute approximate surface area is 102 Å². The van der Waals surface area contributed by atoms with Crippen LogP contribution < -0.4 is 14.8 Å². The molecule has 1 aliphatic heterocycles. The molecule has 94 valence electrons. The van der Waals surface area contributed by atoms with Gasteiger partial charge in [0, 0.05) is 31.5 Å². The van der Waals surface area contributed by atoms with E-state index in [9.17, 15) is 5.11 Å². The molecule has 4 heteroatoms. The Hall–Kier alpha value is -1.26. The second-order valence-electron chi connectivity index (χ2n) is 4.32. The van der Waals surface area contributed by atoms with E-state index in [-0.39, 0.29) is 12.5 Å². The highest BCUT2D eigenvalue weighted by atomic mass is 16.5. The molecule has 1 heterocycles. The lowest BCUT2D eigenvalue weighted by Gasteiger charge is -2.18. The molecule has 4 nitrogen and oxygen atoms in total. The maximum atomic E-state index is 9.33. The fourth-order valence-corrected chi connectivity index (χ4v) is 2.40. The van der Waals surface area contributed by atoms with Crippen molar-refractivity contribution in [2.75, 3.05) is 33.9 Å². The summed E-state index contributed by atoms with van der Waals surface area (Å²) in [5, 5.41) is 12.6. The summed E-state index contributed by atoms with van der Waals surface area (Å²) in [5.74, 6) is 2.12. The van der Waals surface area contributed by atoms with Crippen LogP contribution in [-0.2, 0) is 0 Å². The molecule has 1 aromatic rings. The first-order valence-corrected chi connectivity index (χ1v) is 5.83. The van der Waals surface area contributed by atoms with E-state index < -0.39 is 0 Å². The first-order valence-electron chi connectivity index (χ1n) is 5.83. The lowest BCUT2D eigenvalue weighted by molar-refractivity contribution is 0.226. The molecule has 0 radical (unpaired) electrons. The van der Waals surface area contributed by atoms with Crippen LogP contribution in [0.2, 0.25) is 0 Å². The van der Waals surface area contributed by atoms with Crippen molar-refractivity contribution >= 4 is 0 Å². The fourth-order valence-electron chi connectivity index (χ4n) is 2.40. The summed E-state index contributed by atoms with van der Waals surface area (Å²) in [6.45, 7) is 1.99. The Morgan fingerprint density at radius 1 is 1.24 bits per heavy atom. The van der Waals surface area contributed by atoms with Gasteiger partial charge in [-0.2, -0.15) is 0 Å². The first-order chi connectivity index (χ1) is 8.30. The molecular weight excluding hydrogens is 218 g/mol. The number of aliphatic hydroxyl groups is 1. The first kappa shape index (κ1) is 12.2. The highest BCUT2D eigenvalue weighted by Gasteiger charge is 2.28. The molecule has 0 aliphatic carbocycles. The molecule has 2 N–H and O–H groups in total. The normalized spacial score (nSPS) is 23.7. The summed E-state index contributed by atoms with van der Waals surface area (Å²) < 4.78 is 10.5. The molecule has 0 saturated carbocycles. The lowest BCUT2D eigenvalue weighted by atomic mass is 9.89. The smallest absolute Gasteiger partial charge is 0.160 e. The minimum atomic E-state index is 0.214. The predicted molar refractivity (Wildman–Crippen MR) is 65.7 cm³/mol. The molecule has 17 heavy (non-hydrogen) atoms. The van der Waals surface area contributed by atoms with Crippen LogP contribution in [0, 0.1) is 5.92 Å². The van der Waals surface area contributed by atoms with E-state index in [0.29, 0.717) is 5.92 Å². The molecule has 1 fully saturated rings. The molecule has 0 aromatic heterocycles. The summed E-state index contributed by atoms with van der Waals surface area (Å²) in [5.41, 5.74) is 1.19. The zero-order valence-corrected chi connectivity index (χ0v) is 10.3. The third-order valence-corrected chi connectivity index (χ3v) is 3.41.